The van der Waals surface area contributed by atoms with Gasteiger partial charge in [0.25, 0.3) is 0 Å². The van der Waals surface area contributed by atoms with Crippen molar-refractivity contribution in [2.75, 3.05) is 12.3 Å². The molecule has 18 heavy (non-hydrogen) atoms. The molecule has 0 aliphatic carbocycles. The van der Waals surface area contributed by atoms with Crippen LogP contribution < -0.4 is 5.32 Å². The molecule has 2 rings (SSSR count). The lowest BCUT2D eigenvalue weighted by molar-refractivity contribution is 0.598. The molecule has 0 aromatic heterocycles. The van der Waals surface area contributed by atoms with Gasteiger partial charge in [0.15, 0.2) is 0 Å². The van der Waals surface area contributed by atoms with Crippen LogP contribution in [0.25, 0.3) is 0 Å². The number of rotatable bonds is 4. The zero-order valence-electron chi connectivity index (χ0n) is 10.0. The minimum Gasteiger partial charge on any atom is -0.311 e. The Hall–Kier alpha value is 0.400. The second-order valence-corrected chi connectivity index (χ2v) is 7.04. The van der Waals surface area contributed by atoms with Gasteiger partial charge >= 0.3 is 0 Å². The second kappa shape index (κ2) is 7.25. The summed E-state index contributed by atoms with van der Waals surface area (Å²) in [6.07, 6.45) is 4.00. The molecule has 0 saturated carbocycles. The fourth-order valence-electron chi connectivity index (χ4n) is 2.06. The third kappa shape index (κ3) is 3.94. The first-order chi connectivity index (χ1) is 8.68. The Morgan fingerprint density at radius 3 is 2.67 bits per heavy atom. The van der Waals surface area contributed by atoms with Crippen molar-refractivity contribution in [3.05, 3.63) is 32.8 Å². The monoisotopic (exact) mass is 323 g/mol. The molecule has 0 spiro atoms. The molecular formula is C13H16Cl3NS. The molecule has 0 bridgehead atoms. The molecule has 1 aliphatic rings. The molecule has 1 saturated heterocycles. The topological polar surface area (TPSA) is 12.0 Å². The molecule has 100 valence electrons. The standard InChI is InChI=1S/C13H16Cl3NS/c14-11-4-5-12(15)13(16)10(11)8-17-7-9-3-1-2-6-18-9/h4-5,9,17H,1-3,6-8H2. The Balaban J connectivity index is 1.88. The van der Waals surface area contributed by atoms with Crippen molar-refractivity contribution < 1.29 is 0 Å². The maximum absolute atomic E-state index is 6.16. The van der Waals surface area contributed by atoms with Gasteiger partial charge in [-0.15, -0.1) is 0 Å². The number of nitrogens with one attached hydrogen (secondary N) is 1. The molecule has 1 N–H and O–H groups in total. The Bertz CT molecular complexity index is 405. The Morgan fingerprint density at radius 2 is 1.94 bits per heavy atom. The second-order valence-electron chi connectivity index (χ2n) is 4.44. The van der Waals surface area contributed by atoms with Gasteiger partial charge in [0, 0.05) is 28.9 Å². The molecule has 1 aromatic carbocycles. The van der Waals surface area contributed by atoms with E-state index in [1.165, 1.54) is 25.0 Å². The summed E-state index contributed by atoms with van der Waals surface area (Å²) < 4.78 is 0. The summed E-state index contributed by atoms with van der Waals surface area (Å²) in [5.74, 6) is 1.28. The van der Waals surface area contributed by atoms with Gasteiger partial charge in [0.2, 0.25) is 0 Å². The summed E-state index contributed by atoms with van der Waals surface area (Å²) in [6, 6.07) is 3.52. The fraction of sp³-hybridized carbons (Fsp3) is 0.538. The Labute approximate surface area is 128 Å². The van der Waals surface area contributed by atoms with E-state index in [9.17, 15) is 0 Å². The Morgan fingerprint density at radius 1 is 1.17 bits per heavy atom. The highest BCUT2D eigenvalue weighted by atomic mass is 35.5. The number of hydrogen-bond donors (Lipinski definition) is 1. The molecule has 1 heterocycles. The van der Waals surface area contributed by atoms with E-state index in [-0.39, 0.29) is 0 Å². The van der Waals surface area contributed by atoms with Crippen LogP contribution >= 0.6 is 46.6 Å². The van der Waals surface area contributed by atoms with E-state index in [1.54, 1.807) is 12.1 Å². The third-order valence-corrected chi connectivity index (χ3v) is 5.68. The van der Waals surface area contributed by atoms with Crippen LogP contribution in [0.2, 0.25) is 15.1 Å². The van der Waals surface area contributed by atoms with Crippen molar-refractivity contribution in [2.45, 2.75) is 31.1 Å². The van der Waals surface area contributed by atoms with Crippen molar-refractivity contribution in [1.82, 2.24) is 5.32 Å². The number of hydrogen-bond acceptors (Lipinski definition) is 2. The number of benzene rings is 1. The van der Waals surface area contributed by atoms with E-state index in [4.69, 9.17) is 34.8 Å². The average Bonchev–Trinajstić information content (AvgIpc) is 2.39. The zero-order chi connectivity index (χ0) is 13.0. The first-order valence-electron chi connectivity index (χ1n) is 6.13. The molecule has 1 atom stereocenters. The smallest absolute Gasteiger partial charge is 0.0652 e. The minimum absolute atomic E-state index is 0.560. The predicted molar refractivity (Wildman–Crippen MR) is 83.3 cm³/mol. The molecule has 1 aromatic rings. The largest absolute Gasteiger partial charge is 0.311 e. The van der Waals surface area contributed by atoms with E-state index in [1.807, 2.05) is 0 Å². The van der Waals surface area contributed by atoms with Gasteiger partial charge in [-0.05, 0) is 30.7 Å². The highest BCUT2D eigenvalue weighted by molar-refractivity contribution is 7.99. The van der Waals surface area contributed by atoms with Crippen molar-refractivity contribution in [3.63, 3.8) is 0 Å². The van der Waals surface area contributed by atoms with E-state index < -0.39 is 0 Å². The maximum Gasteiger partial charge on any atom is 0.0652 e. The van der Waals surface area contributed by atoms with Gasteiger partial charge in [0.05, 0.1) is 10.0 Å². The molecule has 1 fully saturated rings. The van der Waals surface area contributed by atoms with Gasteiger partial charge in [-0.3, -0.25) is 0 Å². The van der Waals surface area contributed by atoms with Crippen LogP contribution in [0.5, 0.6) is 0 Å². The molecule has 5 heteroatoms. The van der Waals surface area contributed by atoms with E-state index in [0.717, 1.165) is 17.4 Å². The van der Waals surface area contributed by atoms with Crippen LogP contribution in [-0.4, -0.2) is 17.5 Å². The highest BCUT2D eigenvalue weighted by Gasteiger charge is 2.14. The fourth-order valence-corrected chi connectivity index (χ4v) is 4.01. The van der Waals surface area contributed by atoms with Crippen molar-refractivity contribution in [2.24, 2.45) is 0 Å². The van der Waals surface area contributed by atoms with E-state index in [0.29, 0.717) is 21.6 Å². The van der Waals surface area contributed by atoms with Gasteiger partial charge < -0.3 is 5.32 Å². The third-order valence-electron chi connectivity index (χ3n) is 3.09. The molecule has 0 amide bonds. The van der Waals surface area contributed by atoms with Gasteiger partial charge in [-0.1, -0.05) is 41.2 Å². The molecule has 1 nitrogen and oxygen atoms in total. The van der Waals surface area contributed by atoms with E-state index >= 15 is 0 Å². The van der Waals surface area contributed by atoms with Gasteiger partial charge in [-0.25, -0.2) is 0 Å². The molecular weight excluding hydrogens is 309 g/mol. The average molecular weight is 325 g/mol. The SMILES string of the molecule is Clc1ccc(Cl)c(CNCC2CCCCS2)c1Cl. The van der Waals surface area contributed by atoms with Crippen molar-refractivity contribution >= 4 is 46.6 Å². The minimum atomic E-state index is 0.560. The van der Waals surface area contributed by atoms with Gasteiger partial charge in [-0.2, -0.15) is 11.8 Å². The molecule has 1 unspecified atom stereocenters. The van der Waals surface area contributed by atoms with Crippen LogP contribution in [0.1, 0.15) is 24.8 Å². The number of halogens is 3. The quantitative estimate of drug-likeness (QED) is 0.780. The lowest BCUT2D eigenvalue weighted by Crippen LogP contribution is -2.26. The van der Waals surface area contributed by atoms with Crippen LogP contribution in [0, 0.1) is 0 Å². The Kier molecular flexibility index (Phi) is 5.96. The summed E-state index contributed by atoms with van der Waals surface area (Å²) >= 11 is 20.3. The molecule has 1 aliphatic heterocycles. The van der Waals surface area contributed by atoms with Crippen LogP contribution in [0.4, 0.5) is 0 Å². The lowest BCUT2D eigenvalue weighted by Gasteiger charge is -2.21. The first-order valence-corrected chi connectivity index (χ1v) is 8.31. The summed E-state index contributed by atoms with van der Waals surface area (Å²) in [7, 11) is 0. The zero-order valence-corrected chi connectivity index (χ0v) is 13.1. The lowest BCUT2D eigenvalue weighted by atomic mass is 10.2. The van der Waals surface area contributed by atoms with E-state index in [2.05, 4.69) is 17.1 Å². The normalized spacial score (nSPS) is 20.1. The summed E-state index contributed by atoms with van der Waals surface area (Å²) in [6.45, 7) is 1.68. The summed E-state index contributed by atoms with van der Waals surface area (Å²) in [5, 5.41) is 5.95. The summed E-state index contributed by atoms with van der Waals surface area (Å²) in [5.41, 5.74) is 0.895. The van der Waals surface area contributed by atoms with Crippen molar-refractivity contribution in [3.8, 4) is 0 Å². The van der Waals surface area contributed by atoms with Crippen molar-refractivity contribution in [1.29, 1.82) is 0 Å². The van der Waals surface area contributed by atoms with Crippen LogP contribution in [-0.2, 0) is 6.54 Å². The predicted octanol–water partition coefficient (Wildman–Crippen LogP) is 5.02. The molecule has 0 radical (unpaired) electrons. The first kappa shape index (κ1) is 14.8. The van der Waals surface area contributed by atoms with Gasteiger partial charge in [0.1, 0.15) is 0 Å². The highest BCUT2D eigenvalue weighted by Crippen LogP contribution is 2.31. The van der Waals surface area contributed by atoms with Crippen LogP contribution in [0.3, 0.4) is 0 Å². The maximum atomic E-state index is 6.16. The van der Waals surface area contributed by atoms with Crippen LogP contribution in [0.15, 0.2) is 12.1 Å². The summed E-state index contributed by atoms with van der Waals surface area (Å²) in [4.78, 5) is 0. The number of thioether (sulfide) groups is 1.